The summed E-state index contributed by atoms with van der Waals surface area (Å²) in [6, 6.07) is 23.2. The van der Waals surface area contributed by atoms with E-state index < -0.39 is 5.97 Å². The molecule has 1 N–H and O–H groups in total. The minimum Gasteiger partial charge on any atom is -0.452 e. The number of aryl methyl sites for hydroxylation is 1. The standard InChI is InChI=1S/C29H30N4O4/c1-21-31-26-17-22(11-12-27(26)33(21)25-9-3-2-4-10-25)29(35)37-20-28(34)30-18-23-7-5-6-8-24(23)19-32-13-15-36-16-14-32/h2-12,17H,13-16,18-20H2,1H3,(H,30,34). The van der Waals surface area contributed by atoms with Gasteiger partial charge in [-0.15, -0.1) is 0 Å². The van der Waals surface area contributed by atoms with Crippen molar-refractivity contribution in [2.45, 2.75) is 20.0 Å². The molecular formula is C29H30N4O4. The fourth-order valence-electron chi connectivity index (χ4n) is 4.57. The van der Waals surface area contributed by atoms with Crippen LogP contribution in [-0.2, 0) is 27.4 Å². The normalized spacial score (nSPS) is 14.0. The van der Waals surface area contributed by atoms with E-state index in [1.54, 1.807) is 12.1 Å². The van der Waals surface area contributed by atoms with E-state index in [-0.39, 0.29) is 12.5 Å². The van der Waals surface area contributed by atoms with E-state index in [0.29, 0.717) is 17.6 Å². The molecule has 8 heteroatoms. The quantitative estimate of drug-likeness (QED) is 0.374. The maximum atomic E-state index is 12.7. The molecule has 1 amide bonds. The van der Waals surface area contributed by atoms with Gasteiger partial charge in [0.15, 0.2) is 6.61 Å². The Morgan fingerprint density at radius 1 is 0.973 bits per heavy atom. The summed E-state index contributed by atoms with van der Waals surface area (Å²) in [6.45, 7) is 6.04. The number of ether oxygens (including phenoxy) is 2. The molecular weight excluding hydrogens is 468 g/mol. The molecule has 190 valence electrons. The Morgan fingerprint density at radius 2 is 1.70 bits per heavy atom. The van der Waals surface area contributed by atoms with E-state index in [0.717, 1.165) is 55.4 Å². The molecule has 1 aliphatic rings. The predicted octanol–water partition coefficient (Wildman–Crippen LogP) is 3.64. The molecule has 37 heavy (non-hydrogen) atoms. The third-order valence-electron chi connectivity index (χ3n) is 6.50. The molecule has 0 unspecified atom stereocenters. The molecule has 0 radical (unpaired) electrons. The molecule has 4 aromatic rings. The number of amides is 1. The van der Waals surface area contributed by atoms with Crippen LogP contribution in [0.15, 0.2) is 72.8 Å². The van der Waals surface area contributed by atoms with Crippen molar-refractivity contribution in [3.05, 3.63) is 95.3 Å². The van der Waals surface area contributed by atoms with Crippen molar-refractivity contribution in [2.75, 3.05) is 32.9 Å². The summed E-state index contributed by atoms with van der Waals surface area (Å²) in [7, 11) is 0. The molecule has 0 bridgehead atoms. The van der Waals surface area contributed by atoms with Crippen molar-refractivity contribution < 1.29 is 19.1 Å². The highest BCUT2D eigenvalue weighted by molar-refractivity contribution is 5.95. The number of hydrogen-bond donors (Lipinski definition) is 1. The average Bonchev–Trinajstić information content (AvgIpc) is 3.27. The molecule has 1 saturated heterocycles. The lowest BCUT2D eigenvalue weighted by Crippen LogP contribution is -2.36. The van der Waals surface area contributed by atoms with Crippen molar-refractivity contribution in [3.8, 4) is 5.69 Å². The summed E-state index contributed by atoms with van der Waals surface area (Å²) in [5.41, 5.74) is 5.16. The number of nitrogens with zero attached hydrogens (tertiary/aromatic N) is 3. The number of imidazole rings is 1. The molecule has 1 fully saturated rings. The van der Waals surface area contributed by atoms with Crippen LogP contribution in [0.3, 0.4) is 0 Å². The van der Waals surface area contributed by atoms with Crippen LogP contribution in [0.2, 0.25) is 0 Å². The first-order chi connectivity index (χ1) is 18.1. The first kappa shape index (κ1) is 24.7. The number of nitrogens with one attached hydrogen (secondary N) is 1. The van der Waals surface area contributed by atoms with Crippen LogP contribution in [0.25, 0.3) is 16.7 Å². The van der Waals surface area contributed by atoms with E-state index >= 15 is 0 Å². The Bertz CT molecular complexity index is 1390. The monoisotopic (exact) mass is 498 g/mol. The second-order valence-corrected chi connectivity index (χ2v) is 9.04. The van der Waals surface area contributed by atoms with Gasteiger partial charge in [0.2, 0.25) is 0 Å². The summed E-state index contributed by atoms with van der Waals surface area (Å²) < 4.78 is 12.8. The zero-order valence-electron chi connectivity index (χ0n) is 20.9. The number of carbonyl (C=O) groups excluding carboxylic acids is 2. The number of benzene rings is 3. The van der Waals surface area contributed by atoms with Gasteiger partial charge in [-0.25, -0.2) is 9.78 Å². The number of aromatic nitrogens is 2. The van der Waals surface area contributed by atoms with Crippen LogP contribution >= 0.6 is 0 Å². The summed E-state index contributed by atoms with van der Waals surface area (Å²) in [6.07, 6.45) is 0. The Labute approximate surface area is 215 Å². The summed E-state index contributed by atoms with van der Waals surface area (Å²) >= 11 is 0. The second-order valence-electron chi connectivity index (χ2n) is 9.04. The van der Waals surface area contributed by atoms with E-state index in [2.05, 4.69) is 21.3 Å². The predicted molar refractivity (Wildman–Crippen MR) is 140 cm³/mol. The zero-order chi connectivity index (χ0) is 25.6. The van der Waals surface area contributed by atoms with Gasteiger partial charge in [0.05, 0.1) is 29.8 Å². The number of hydrogen-bond acceptors (Lipinski definition) is 6. The number of rotatable bonds is 8. The largest absolute Gasteiger partial charge is 0.452 e. The lowest BCUT2D eigenvalue weighted by Gasteiger charge is -2.27. The molecule has 0 aliphatic carbocycles. The third-order valence-corrected chi connectivity index (χ3v) is 6.50. The van der Waals surface area contributed by atoms with Gasteiger partial charge in [-0.05, 0) is 48.4 Å². The van der Waals surface area contributed by atoms with E-state index in [9.17, 15) is 9.59 Å². The van der Waals surface area contributed by atoms with Crippen molar-refractivity contribution in [1.29, 1.82) is 0 Å². The average molecular weight is 499 g/mol. The molecule has 0 saturated carbocycles. The smallest absolute Gasteiger partial charge is 0.338 e. The van der Waals surface area contributed by atoms with Gasteiger partial charge in [0.25, 0.3) is 5.91 Å². The molecule has 1 aliphatic heterocycles. The number of morpholine rings is 1. The van der Waals surface area contributed by atoms with Crippen molar-refractivity contribution in [2.24, 2.45) is 0 Å². The van der Waals surface area contributed by atoms with Crippen LogP contribution in [0.4, 0.5) is 0 Å². The Hall–Kier alpha value is -4.01. The zero-order valence-corrected chi connectivity index (χ0v) is 20.9. The van der Waals surface area contributed by atoms with E-state index in [1.165, 1.54) is 5.56 Å². The van der Waals surface area contributed by atoms with E-state index in [4.69, 9.17) is 9.47 Å². The molecule has 0 spiro atoms. The van der Waals surface area contributed by atoms with Crippen LogP contribution in [0, 0.1) is 6.92 Å². The summed E-state index contributed by atoms with van der Waals surface area (Å²) in [5, 5.41) is 2.87. The third kappa shape index (κ3) is 5.87. The fourth-order valence-corrected chi connectivity index (χ4v) is 4.57. The minimum atomic E-state index is -0.559. The lowest BCUT2D eigenvalue weighted by atomic mass is 10.1. The van der Waals surface area contributed by atoms with Gasteiger partial charge >= 0.3 is 5.97 Å². The molecule has 2 heterocycles. The van der Waals surface area contributed by atoms with Crippen molar-refractivity contribution in [1.82, 2.24) is 19.8 Å². The minimum absolute atomic E-state index is 0.347. The highest BCUT2D eigenvalue weighted by Gasteiger charge is 2.16. The number of para-hydroxylation sites is 1. The number of esters is 1. The van der Waals surface area contributed by atoms with Crippen LogP contribution in [-0.4, -0.2) is 59.2 Å². The number of fused-ring (bicyclic) bond motifs is 1. The Kier molecular flexibility index (Phi) is 7.58. The van der Waals surface area contributed by atoms with Crippen LogP contribution < -0.4 is 5.32 Å². The van der Waals surface area contributed by atoms with E-state index in [1.807, 2.05) is 66.1 Å². The molecule has 1 aromatic heterocycles. The SMILES string of the molecule is Cc1nc2cc(C(=O)OCC(=O)NCc3ccccc3CN3CCOCC3)ccc2n1-c1ccccc1. The van der Waals surface area contributed by atoms with Crippen molar-refractivity contribution in [3.63, 3.8) is 0 Å². The van der Waals surface area contributed by atoms with Gasteiger partial charge in [-0.2, -0.15) is 0 Å². The first-order valence-electron chi connectivity index (χ1n) is 12.4. The van der Waals surface area contributed by atoms with Gasteiger partial charge < -0.3 is 14.8 Å². The molecule has 8 nitrogen and oxygen atoms in total. The van der Waals surface area contributed by atoms with Gasteiger partial charge in [0.1, 0.15) is 5.82 Å². The summed E-state index contributed by atoms with van der Waals surface area (Å²) in [5.74, 6) is -0.0866. The van der Waals surface area contributed by atoms with Gasteiger partial charge in [-0.3, -0.25) is 14.3 Å². The maximum Gasteiger partial charge on any atom is 0.338 e. The maximum absolute atomic E-state index is 12.7. The molecule has 5 rings (SSSR count). The Balaban J connectivity index is 1.17. The van der Waals surface area contributed by atoms with Crippen molar-refractivity contribution >= 4 is 22.9 Å². The lowest BCUT2D eigenvalue weighted by molar-refractivity contribution is -0.124. The Morgan fingerprint density at radius 3 is 2.49 bits per heavy atom. The van der Waals surface area contributed by atoms with Gasteiger partial charge in [0, 0.05) is 31.9 Å². The second kappa shape index (κ2) is 11.4. The highest BCUT2D eigenvalue weighted by atomic mass is 16.5. The fraction of sp³-hybridized carbons (Fsp3) is 0.276. The topological polar surface area (TPSA) is 85.7 Å². The molecule has 3 aromatic carbocycles. The summed E-state index contributed by atoms with van der Waals surface area (Å²) in [4.78, 5) is 32.0. The van der Waals surface area contributed by atoms with Gasteiger partial charge in [-0.1, -0.05) is 42.5 Å². The van der Waals surface area contributed by atoms with Crippen LogP contribution in [0.1, 0.15) is 27.3 Å². The highest BCUT2D eigenvalue weighted by Crippen LogP contribution is 2.22. The molecule has 0 atom stereocenters. The van der Waals surface area contributed by atoms with Crippen LogP contribution in [0.5, 0.6) is 0 Å². The number of carbonyl (C=O) groups is 2. The first-order valence-corrected chi connectivity index (χ1v) is 12.4.